The summed E-state index contributed by atoms with van der Waals surface area (Å²) in [6, 6.07) is 8.17. The number of nitrogens with one attached hydrogen (secondary N) is 1. The Morgan fingerprint density at radius 3 is 2.52 bits per heavy atom. The third kappa shape index (κ3) is 3.47. The molecule has 0 aliphatic carbocycles. The van der Waals surface area contributed by atoms with Crippen molar-refractivity contribution in [1.82, 2.24) is 0 Å². The van der Waals surface area contributed by atoms with Gasteiger partial charge in [-0.3, -0.25) is 4.79 Å². The quantitative estimate of drug-likeness (QED) is 0.852. The molecule has 0 fully saturated rings. The molecule has 2 rings (SSSR count). The van der Waals surface area contributed by atoms with Gasteiger partial charge < -0.3 is 15.8 Å². The predicted molar refractivity (Wildman–Crippen MR) is 76.1 cm³/mol. The molecule has 2 aromatic carbocycles. The number of nitrogen functional groups attached to an aromatic ring is 1. The van der Waals surface area contributed by atoms with E-state index < -0.39 is 24.0 Å². The highest BCUT2D eigenvalue weighted by atomic mass is 19.1. The fourth-order valence-corrected chi connectivity index (χ4v) is 1.88. The van der Waals surface area contributed by atoms with E-state index in [0.29, 0.717) is 17.1 Å². The number of benzene rings is 2. The molecule has 3 N–H and O–H groups in total. The van der Waals surface area contributed by atoms with Crippen LogP contribution < -0.4 is 15.8 Å². The van der Waals surface area contributed by atoms with Gasteiger partial charge in [0, 0.05) is 11.3 Å². The number of nitrogens with two attached hydrogens (primary N) is 1. The first-order valence-corrected chi connectivity index (χ1v) is 6.17. The molecular formula is C15H14F2N2O2. The van der Waals surface area contributed by atoms with Gasteiger partial charge >= 0.3 is 0 Å². The lowest BCUT2D eigenvalue weighted by Crippen LogP contribution is -2.17. The van der Waals surface area contributed by atoms with Gasteiger partial charge in [-0.1, -0.05) is 6.07 Å². The van der Waals surface area contributed by atoms with Crippen LogP contribution in [0.25, 0.3) is 0 Å². The lowest BCUT2D eigenvalue weighted by atomic mass is 10.1. The Labute approximate surface area is 120 Å². The van der Waals surface area contributed by atoms with Crippen LogP contribution in [0.2, 0.25) is 0 Å². The smallest absolute Gasteiger partial charge is 0.229 e. The number of amides is 1. The van der Waals surface area contributed by atoms with E-state index in [-0.39, 0.29) is 5.56 Å². The molecule has 0 radical (unpaired) electrons. The first-order chi connectivity index (χ1) is 10.0. The van der Waals surface area contributed by atoms with Gasteiger partial charge in [-0.15, -0.1) is 0 Å². The van der Waals surface area contributed by atoms with Crippen molar-refractivity contribution in [3.63, 3.8) is 0 Å². The standard InChI is InChI=1S/C15H14F2N2O2/c1-21-14-6-5-9(18)7-13(14)19-15(20)8-10-11(16)3-2-4-12(10)17/h2-7H,8,18H2,1H3,(H,19,20). The molecule has 0 saturated carbocycles. The van der Waals surface area contributed by atoms with Crippen LogP contribution in [-0.2, 0) is 11.2 Å². The predicted octanol–water partition coefficient (Wildman–Crippen LogP) is 2.74. The molecule has 0 bridgehead atoms. The third-order valence-electron chi connectivity index (χ3n) is 2.90. The number of carbonyl (C=O) groups excluding carboxylic acids is 1. The van der Waals surface area contributed by atoms with E-state index >= 15 is 0 Å². The second-order valence-electron chi connectivity index (χ2n) is 4.38. The summed E-state index contributed by atoms with van der Waals surface area (Å²) in [4.78, 5) is 11.9. The van der Waals surface area contributed by atoms with Gasteiger partial charge in [0.05, 0.1) is 19.2 Å². The van der Waals surface area contributed by atoms with E-state index in [2.05, 4.69) is 5.32 Å². The Morgan fingerprint density at radius 1 is 1.24 bits per heavy atom. The monoisotopic (exact) mass is 292 g/mol. The van der Waals surface area contributed by atoms with E-state index in [1.807, 2.05) is 0 Å². The minimum Gasteiger partial charge on any atom is -0.495 e. The third-order valence-corrected chi connectivity index (χ3v) is 2.90. The Balaban J connectivity index is 2.17. The molecule has 110 valence electrons. The Bertz CT molecular complexity index is 654. The molecule has 2 aromatic rings. The van der Waals surface area contributed by atoms with E-state index in [4.69, 9.17) is 10.5 Å². The van der Waals surface area contributed by atoms with Crippen LogP contribution in [0, 0.1) is 11.6 Å². The van der Waals surface area contributed by atoms with Gasteiger partial charge in [-0.2, -0.15) is 0 Å². The molecule has 0 atom stereocenters. The highest BCUT2D eigenvalue weighted by Crippen LogP contribution is 2.26. The maximum absolute atomic E-state index is 13.5. The average molecular weight is 292 g/mol. The van der Waals surface area contributed by atoms with Crippen molar-refractivity contribution in [2.75, 3.05) is 18.2 Å². The van der Waals surface area contributed by atoms with Crippen molar-refractivity contribution in [1.29, 1.82) is 0 Å². The van der Waals surface area contributed by atoms with Crippen molar-refractivity contribution >= 4 is 17.3 Å². The van der Waals surface area contributed by atoms with Gasteiger partial charge in [-0.25, -0.2) is 8.78 Å². The van der Waals surface area contributed by atoms with Crippen LogP contribution in [0.1, 0.15) is 5.56 Å². The zero-order valence-corrected chi connectivity index (χ0v) is 11.3. The number of halogens is 2. The van der Waals surface area contributed by atoms with Crippen LogP contribution >= 0.6 is 0 Å². The van der Waals surface area contributed by atoms with Crippen LogP contribution in [0.5, 0.6) is 5.75 Å². The topological polar surface area (TPSA) is 64.3 Å². The number of methoxy groups -OCH3 is 1. The zero-order valence-electron chi connectivity index (χ0n) is 11.3. The van der Waals surface area contributed by atoms with Crippen molar-refractivity contribution < 1.29 is 18.3 Å². The Hall–Kier alpha value is -2.63. The molecule has 0 heterocycles. The molecule has 0 saturated heterocycles. The second-order valence-corrected chi connectivity index (χ2v) is 4.38. The van der Waals surface area contributed by atoms with Crippen molar-refractivity contribution in [2.24, 2.45) is 0 Å². The largest absolute Gasteiger partial charge is 0.495 e. The lowest BCUT2D eigenvalue weighted by molar-refractivity contribution is -0.115. The molecule has 0 aliphatic heterocycles. The van der Waals surface area contributed by atoms with Crippen LogP contribution in [0.3, 0.4) is 0 Å². The molecule has 6 heteroatoms. The summed E-state index contributed by atoms with van der Waals surface area (Å²) in [5, 5.41) is 2.53. The van der Waals surface area contributed by atoms with Crippen molar-refractivity contribution in [3.05, 3.63) is 53.6 Å². The van der Waals surface area contributed by atoms with Gasteiger partial charge in [-0.05, 0) is 30.3 Å². The maximum Gasteiger partial charge on any atom is 0.229 e. The second kappa shape index (κ2) is 6.21. The van der Waals surface area contributed by atoms with Crippen LogP contribution in [-0.4, -0.2) is 13.0 Å². The Kier molecular flexibility index (Phi) is 4.37. The fraction of sp³-hybridized carbons (Fsp3) is 0.133. The summed E-state index contributed by atoms with van der Waals surface area (Å²) in [7, 11) is 1.44. The molecule has 1 amide bonds. The molecule has 0 spiro atoms. The lowest BCUT2D eigenvalue weighted by Gasteiger charge is -2.11. The number of anilines is 2. The molecule has 4 nitrogen and oxygen atoms in total. The number of ether oxygens (including phenoxy) is 1. The molecule has 0 aromatic heterocycles. The number of hydrogen-bond acceptors (Lipinski definition) is 3. The summed E-state index contributed by atoms with van der Waals surface area (Å²) in [5.74, 6) is -1.68. The Morgan fingerprint density at radius 2 is 1.90 bits per heavy atom. The zero-order chi connectivity index (χ0) is 15.4. The first-order valence-electron chi connectivity index (χ1n) is 6.17. The van der Waals surface area contributed by atoms with Crippen molar-refractivity contribution in [3.8, 4) is 5.75 Å². The SMILES string of the molecule is COc1ccc(N)cc1NC(=O)Cc1c(F)cccc1F. The first kappa shape index (κ1) is 14.8. The fourth-order valence-electron chi connectivity index (χ4n) is 1.88. The summed E-state index contributed by atoms with van der Waals surface area (Å²) in [6.45, 7) is 0. The highest BCUT2D eigenvalue weighted by Gasteiger charge is 2.14. The van der Waals surface area contributed by atoms with E-state index in [9.17, 15) is 13.6 Å². The number of rotatable bonds is 4. The van der Waals surface area contributed by atoms with Gasteiger partial charge in [0.25, 0.3) is 0 Å². The minimum atomic E-state index is -0.760. The maximum atomic E-state index is 13.5. The number of carbonyl (C=O) groups is 1. The summed E-state index contributed by atoms with van der Waals surface area (Å²) >= 11 is 0. The molecular weight excluding hydrogens is 278 g/mol. The van der Waals surface area contributed by atoms with Gasteiger partial charge in [0.1, 0.15) is 17.4 Å². The summed E-state index contributed by atoms with van der Waals surface area (Å²) in [6.07, 6.45) is -0.420. The van der Waals surface area contributed by atoms with Crippen LogP contribution in [0.4, 0.5) is 20.2 Å². The van der Waals surface area contributed by atoms with E-state index in [1.54, 1.807) is 12.1 Å². The van der Waals surface area contributed by atoms with Gasteiger partial charge in [0.2, 0.25) is 5.91 Å². The van der Waals surface area contributed by atoms with E-state index in [1.165, 1.54) is 19.2 Å². The van der Waals surface area contributed by atoms with Gasteiger partial charge in [0.15, 0.2) is 0 Å². The number of hydrogen-bond donors (Lipinski definition) is 2. The van der Waals surface area contributed by atoms with Crippen molar-refractivity contribution in [2.45, 2.75) is 6.42 Å². The summed E-state index contributed by atoms with van der Waals surface area (Å²) < 4.78 is 32.1. The molecule has 0 aliphatic rings. The highest BCUT2D eigenvalue weighted by molar-refractivity contribution is 5.94. The molecule has 21 heavy (non-hydrogen) atoms. The minimum absolute atomic E-state index is 0.280. The average Bonchev–Trinajstić information content (AvgIpc) is 2.43. The molecule has 0 unspecified atom stereocenters. The van der Waals surface area contributed by atoms with E-state index in [0.717, 1.165) is 12.1 Å². The van der Waals surface area contributed by atoms with Crippen LogP contribution in [0.15, 0.2) is 36.4 Å². The normalized spacial score (nSPS) is 10.2. The summed E-state index contributed by atoms with van der Waals surface area (Å²) in [5.41, 5.74) is 6.13.